The molecule has 21 heavy (non-hydrogen) atoms. The number of hydrogen-bond acceptors (Lipinski definition) is 5. The van der Waals surface area contributed by atoms with Gasteiger partial charge in [-0.15, -0.1) is 0 Å². The van der Waals surface area contributed by atoms with Gasteiger partial charge in [0.25, 0.3) is 5.91 Å². The molecule has 1 heterocycles. The summed E-state index contributed by atoms with van der Waals surface area (Å²) in [5, 5.41) is 11.3. The molecule has 8 nitrogen and oxygen atoms in total. The number of furan rings is 1. The lowest BCUT2D eigenvalue weighted by Crippen LogP contribution is -2.49. The van der Waals surface area contributed by atoms with Crippen molar-refractivity contribution in [3.8, 4) is 0 Å². The van der Waals surface area contributed by atoms with Gasteiger partial charge in [0.1, 0.15) is 12.6 Å². The topological polar surface area (TPSA) is 109 Å². The molecule has 116 valence electrons. The summed E-state index contributed by atoms with van der Waals surface area (Å²) >= 11 is 0. The molecular formula is C13H18N2O6. The molecule has 0 radical (unpaired) electrons. The van der Waals surface area contributed by atoms with Crippen molar-refractivity contribution in [3.63, 3.8) is 0 Å². The van der Waals surface area contributed by atoms with E-state index in [4.69, 9.17) is 14.3 Å². The van der Waals surface area contributed by atoms with Crippen molar-refractivity contribution in [3.05, 3.63) is 24.2 Å². The SMILES string of the molecule is COCCN(CC(=O)O)C(=O)[C@@H](C)NC(=O)c1ccco1. The number of carbonyl (C=O) groups excluding carboxylic acids is 2. The first kappa shape index (κ1) is 16.7. The molecule has 2 amide bonds. The fourth-order valence-electron chi connectivity index (χ4n) is 1.64. The van der Waals surface area contributed by atoms with Crippen LogP contribution in [0.25, 0.3) is 0 Å². The molecule has 0 aliphatic carbocycles. The van der Waals surface area contributed by atoms with Crippen LogP contribution in [0.2, 0.25) is 0 Å². The molecule has 2 N–H and O–H groups in total. The lowest BCUT2D eigenvalue weighted by atomic mass is 10.2. The molecule has 0 saturated carbocycles. The van der Waals surface area contributed by atoms with E-state index in [0.717, 1.165) is 4.90 Å². The summed E-state index contributed by atoms with van der Waals surface area (Å²) < 4.78 is 9.75. The fraction of sp³-hybridized carbons (Fsp3) is 0.462. The molecular weight excluding hydrogens is 280 g/mol. The minimum absolute atomic E-state index is 0.0799. The lowest BCUT2D eigenvalue weighted by molar-refractivity contribution is -0.145. The number of ether oxygens (including phenoxy) is 1. The van der Waals surface area contributed by atoms with E-state index in [9.17, 15) is 14.4 Å². The average molecular weight is 298 g/mol. The van der Waals surface area contributed by atoms with E-state index in [2.05, 4.69) is 5.32 Å². The van der Waals surface area contributed by atoms with E-state index in [1.54, 1.807) is 6.07 Å². The lowest BCUT2D eigenvalue weighted by Gasteiger charge is -2.24. The molecule has 0 unspecified atom stereocenters. The Bertz CT molecular complexity index is 485. The Morgan fingerprint density at radius 1 is 1.48 bits per heavy atom. The van der Waals surface area contributed by atoms with Crippen molar-refractivity contribution in [1.82, 2.24) is 10.2 Å². The van der Waals surface area contributed by atoms with Crippen LogP contribution in [-0.2, 0) is 14.3 Å². The Hall–Kier alpha value is -2.35. The standard InChI is InChI=1S/C13H18N2O6/c1-9(14-12(18)10-4-3-6-21-10)13(19)15(5-7-20-2)8-11(16)17/h3-4,6,9H,5,7-8H2,1-2H3,(H,14,18)(H,16,17)/t9-/m1/s1. The minimum atomic E-state index is -1.14. The Morgan fingerprint density at radius 3 is 2.71 bits per heavy atom. The van der Waals surface area contributed by atoms with Crippen LogP contribution in [0, 0.1) is 0 Å². The van der Waals surface area contributed by atoms with Gasteiger partial charge in [-0.05, 0) is 19.1 Å². The van der Waals surface area contributed by atoms with Crippen LogP contribution in [-0.4, -0.2) is 60.6 Å². The molecule has 1 aromatic rings. The predicted octanol–water partition coefficient (Wildman–Crippen LogP) is -0.0425. The highest BCUT2D eigenvalue weighted by atomic mass is 16.5. The zero-order valence-corrected chi connectivity index (χ0v) is 11.9. The van der Waals surface area contributed by atoms with Crippen molar-refractivity contribution in [1.29, 1.82) is 0 Å². The Morgan fingerprint density at radius 2 is 2.19 bits per heavy atom. The molecule has 0 spiro atoms. The molecule has 1 aromatic heterocycles. The van der Waals surface area contributed by atoms with Crippen molar-refractivity contribution < 1.29 is 28.6 Å². The molecule has 1 atom stereocenters. The maximum atomic E-state index is 12.2. The van der Waals surface area contributed by atoms with E-state index in [1.165, 1.54) is 26.4 Å². The maximum Gasteiger partial charge on any atom is 0.323 e. The summed E-state index contributed by atoms with van der Waals surface area (Å²) in [6.45, 7) is 1.36. The van der Waals surface area contributed by atoms with E-state index in [-0.39, 0.29) is 18.9 Å². The van der Waals surface area contributed by atoms with Crippen molar-refractivity contribution in [2.45, 2.75) is 13.0 Å². The molecule has 0 aliphatic rings. The van der Waals surface area contributed by atoms with Crippen LogP contribution in [0.1, 0.15) is 17.5 Å². The summed E-state index contributed by atoms with van der Waals surface area (Å²) in [5.41, 5.74) is 0. The highest BCUT2D eigenvalue weighted by Gasteiger charge is 2.24. The third-order valence-corrected chi connectivity index (χ3v) is 2.67. The van der Waals surface area contributed by atoms with Crippen LogP contribution in [0.4, 0.5) is 0 Å². The quantitative estimate of drug-likeness (QED) is 0.697. The Kier molecular flexibility index (Phi) is 6.41. The van der Waals surface area contributed by atoms with Crippen molar-refractivity contribution >= 4 is 17.8 Å². The predicted molar refractivity (Wildman–Crippen MR) is 71.7 cm³/mol. The second kappa shape index (κ2) is 8.05. The Balaban J connectivity index is 2.64. The molecule has 8 heteroatoms. The number of rotatable bonds is 8. The molecule has 1 rings (SSSR count). The smallest absolute Gasteiger partial charge is 0.323 e. The third kappa shape index (κ3) is 5.27. The van der Waals surface area contributed by atoms with Crippen molar-refractivity contribution in [2.24, 2.45) is 0 Å². The van der Waals surface area contributed by atoms with Crippen LogP contribution in [0.5, 0.6) is 0 Å². The van der Waals surface area contributed by atoms with Crippen molar-refractivity contribution in [2.75, 3.05) is 26.8 Å². The average Bonchev–Trinajstić information content (AvgIpc) is 2.96. The van der Waals surface area contributed by atoms with Gasteiger partial charge in [0.15, 0.2) is 5.76 Å². The second-order valence-corrected chi connectivity index (χ2v) is 4.32. The number of aliphatic carboxylic acids is 1. The van der Waals surface area contributed by atoms with Gasteiger partial charge < -0.3 is 24.5 Å². The van der Waals surface area contributed by atoms with Gasteiger partial charge in [-0.3, -0.25) is 14.4 Å². The summed E-state index contributed by atoms with van der Waals surface area (Å²) in [6.07, 6.45) is 1.34. The first-order chi connectivity index (χ1) is 9.95. The Labute approximate surface area is 121 Å². The monoisotopic (exact) mass is 298 g/mol. The largest absolute Gasteiger partial charge is 0.480 e. The number of amides is 2. The number of carboxylic acids is 1. The molecule has 0 bridgehead atoms. The fourth-order valence-corrected chi connectivity index (χ4v) is 1.64. The zero-order chi connectivity index (χ0) is 15.8. The minimum Gasteiger partial charge on any atom is -0.480 e. The van der Waals surface area contributed by atoms with Crippen LogP contribution >= 0.6 is 0 Å². The van der Waals surface area contributed by atoms with Crippen LogP contribution in [0.15, 0.2) is 22.8 Å². The highest BCUT2D eigenvalue weighted by molar-refractivity contribution is 5.95. The molecule has 0 saturated heterocycles. The van der Waals surface area contributed by atoms with Crippen LogP contribution < -0.4 is 5.32 Å². The molecule has 0 aliphatic heterocycles. The van der Waals surface area contributed by atoms with Gasteiger partial charge in [0.2, 0.25) is 5.91 Å². The maximum absolute atomic E-state index is 12.2. The first-order valence-electron chi connectivity index (χ1n) is 6.29. The zero-order valence-electron chi connectivity index (χ0n) is 11.9. The first-order valence-corrected chi connectivity index (χ1v) is 6.29. The van der Waals surface area contributed by atoms with E-state index >= 15 is 0 Å². The van der Waals surface area contributed by atoms with E-state index < -0.39 is 30.4 Å². The highest BCUT2D eigenvalue weighted by Crippen LogP contribution is 2.02. The normalized spacial score (nSPS) is 11.7. The summed E-state index contributed by atoms with van der Waals surface area (Å²) in [5.74, 6) is -2.10. The van der Waals surface area contributed by atoms with Gasteiger partial charge in [0.05, 0.1) is 12.9 Å². The number of carbonyl (C=O) groups is 3. The summed E-state index contributed by atoms with van der Waals surface area (Å²) in [7, 11) is 1.45. The summed E-state index contributed by atoms with van der Waals surface area (Å²) in [6, 6.07) is 2.14. The molecule has 0 aromatic carbocycles. The third-order valence-electron chi connectivity index (χ3n) is 2.67. The number of carboxylic acid groups (broad SMARTS) is 1. The number of hydrogen-bond donors (Lipinski definition) is 2. The van der Waals surface area contributed by atoms with Gasteiger partial charge in [0, 0.05) is 13.7 Å². The van der Waals surface area contributed by atoms with Gasteiger partial charge in [-0.2, -0.15) is 0 Å². The van der Waals surface area contributed by atoms with Gasteiger partial charge in [-0.25, -0.2) is 0 Å². The van der Waals surface area contributed by atoms with Crippen LogP contribution in [0.3, 0.4) is 0 Å². The van der Waals surface area contributed by atoms with Gasteiger partial charge in [-0.1, -0.05) is 0 Å². The van der Waals surface area contributed by atoms with E-state index in [1.807, 2.05) is 0 Å². The molecule has 0 fully saturated rings. The second-order valence-electron chi connectivity index (χ2n) is 4.32. The van der Waals surface area contributed by atoms with E-state index in [0.29, 0.717) is 0 Å². The summed E-state index contributed by atoms with van der Waals surface area (Å²) in [4.78, 5) is 35.8. The number of nitrogens with one attached hydrogen (secondary N) is 1. The number of methoxy groups -OCH3 is 1. The van der Waals surface area contributed by atoms with Gasteiger partial charge >= 0.3 is 5.97 Å². The number of nitrogens with zero attached hydrogens (tertiary/aromatic N) is 1.